The summed E-state index contributed by atoms with van der Waals surface area (Å²) < 4.78 is 4.95. The smallest absolute Gasteiger partial charge is 0.328 e. The van der Waals surface area contributed by atoms with Crippen molar-refractivity contribution in [3.05, 3.63) is 35.4 Å². The van der Waals surface area contributed by atoms with Gasteiger partial charge in [0.25, 0.3) is 0 Å². The quantitative estimate of drug-likeness (QED) is 0.642. The Morgan fingerprint density at radius 2 is 1.84 bits per heavy atom. The molecule has 0 bridgehead atoms. The molecule has 1 aromatic carbocycles. The van der Waals surface area contributed by atoms with Crippen LogP contribution in [0.15, 0.2) is 24.3 Å². The molecule has 0 aliphatic rings. The van der Waals surface area contributed by atoms with E-state index in [1.807, 2.05) is 24.3 Å². The van der Waals surface area contributed by atoms with E-state index in [1.165, 1.54) is 6.92 Å². The number of ether oxygens (including phenoxy) is 1. The molecule has 0 radical (unpaired) electrons. The summed E-state index contributed by atoms with van der Waals surface area (Å²) in [6, 6.07) is 6.94. The molecule has 0 saturated heterocycles. The van der Waals surface area contributed by atoms with Gasteiger partial charge in [-0.15, -0.1) is 11.6 Å². The lowest BCUT2D eigenvalue weighted by molar-refractivity contribution is -0.147. The number of esters is 1. The number of benzene rings is 1. The van der Waals surface area contributed by atoms with E-state index in [-0.39, 0.29) is 5.91 Å². The standard InChI is InChI=1S/C14H18ClNO3/c1-3-19-14(18)13(16-10(2)17)8-11-4-6-12(9-15)7-5-11/h4-7,13H,3,8-9H2,1-2H3,(H,16,17). The lowest BCUT2D eigenvalue weighted by Gasteiger charge is -2.16. The molecule has 5 heteroatoms. The Kier molecular flexibility index (Phi) is 6.36. The van der Waals surface area contributed by atoms with Crippen LogP contribution in [0, 0.1) is 0 Å². The van der Waals surface area contributed by atoms with Gasteiger partial charge in [0.05, 0.1) is 6.61 Å². The molecule has 4 nitrogen and oxygen atoms in total. The van der Waals surface area contributed by atoms with E-state index < -0.39 is 12.0 Å². The first-order valence-electron chi connectivity index (χ1n) is 6.14. The minimum Gasteiger partial charge on any atom is -0.464 e. The highest BCUT2D eigenvalue weighted by Gasteiger charge is 2.20. The SMILES string of the molecule is CCOC(=O)C(Cc1ccc(CCl)cc1)NC(C)=O. The van der Waals surface area contributed by atoms with Crippen LogP contribution < -0.4 is 5.32 Å². The van der Waals surface area contributed by atoms with Crippen molar-refractivity contribution in [3.63, 3.8) is 0 Å². The van der Waals surface area contributed by atoms with Crippen LogP contribution in [0.1, 0.15) is 25.0 Å². The van der Waals surface area contributed by atoms with E-state index in [0.29, 0.717) is 18.9 Å². The van der Waals surface area contributed by atoms with Gasteiger partial charge in [0.1, 0.15) is 6.04 Å². The number of hydrogen-bond acceptors (Lipinski definition) is 3. The van der Waals surface area contributed by atoms with Gasteiger partial charge in [0, 0.05) is 19.2 Å². The van der Waals surface area contributed by atoms with E-state index in [4.69, 9.17) is 16.3 Å². The second kappa shape index (κ2) is 7.79. The van der Waals surface area contributed by atoms with Crippen LogP contribution in [-0.4, -0.2) is 24.5 Å². The van der Waals surface area contributed by atoms with E-state index in [2.05, 4.69) is 5.32 Å². The molecule has 19 heavy (non-hydrogen) atoms. The van der Waals surface area contributed by atoms with Crippen LogP contribution in [0.25, 0.3) is 0 Å². The summed E-state index contributed by atoms with van der Waals surface area (Å²) in [7, 11) is 0. The normalized spacial score (nSPS) is 11.7. The first-order chi connectivity index (χ1) is 9.06. The Morgan fingerprint density at radius 1 is 1.26 bits per heavy atom. The lowest BCUT2D eigenvalue weighted by Crippen LogP contribution is -2.42. The molecular weight excluding hydrogens is 266 g/mol. The van der Waals surface area contributed by atoms with Gasteiger partial charge in [0.15, 0.2) is 0 Å². The number of hydrogen-bond donors (Lipinski definition) is 1. The van der Waals surface area contributed by atoms with Crippen molar-refractivity contribution in [3.8, 4) is 0 Å². The van der Waals surface area contributed by atoms with Crippen molar-refractivity contribution in [1.82, 2.24) is 5.32 Å². The molecule has 1 aromatic rings. The number of halogens is 1. The number of carbonyl (C=O) groups excluding carboxylic acids is 2. The molecule has 1 rings (SSSR count). The molecular formula is C14H18ClNO3. The maximum absolute atomic E-state index is 11.7. The zero-order valence-electron chi connectivity index (χ0n) is 11.1. The van der Waals surface area contributed by atoms with Crippen LogP contribution >= 0.6 is 11.6 Å². The molecule has 0 spiro atoms. The molecule has 1 atom stereocenters. The van der Waals surface area contributed by atoms with Gasteiger partial charge >= 0.3 is 5.97 Å². The zero-order chi connectivity index (χ0) is 14.3. The fourth-order valence-corrected chi connectivity index (χ4v) is 1.86. The number of amides is 1. The average Bonchev–Trinajstić information content (AvgIpc) is 2.38. The van der Waals surface area contributed by atoms with E-state index in [0.717, 1.165) is 11.1 Å². The first kappa shape index (κ1) is 15.5. The first-order valence-corrected chi connectivity index (χ1v) is 6.67. The van der Waals surface area contributed by atoms with Crippen LogP contribution in [0.5, 0.6) is 0 Å². The third-order valence-electron chi connectivity index (χ3n) is 2.57. The third kappa shape index (κ3) is 5.30. The molecule has 0 aliphatic carbocycles. The Morgan fingerprint density at radius 3 is 2.32 bits per heavy atom. The molecule has 0 saturated carbocycles. The van der Waals surface area contributed by atoms with Crippen molar-refractivity contribution in [2.75, 3.05) is 6.61 Å². The van der Waals surface area contributed by atoms with Crippen molar-refractivity contribution < 1.29 is 14.3 Å². The Hall–Kier alpha value is -1.55. The van der Waals surface area contributed by atoms with Gasteiger partial charge in [-0.1, -0.05) is 24.3 Å². The highest BCUT2D eigenvalue weighted by Crippen LogP contribution is 2.09. The summed E-state index contributed by atoms with van der Waals surface area (Å²) in [5.41, 5.74) is 1.96. The maximum Gasteiger partial charge on any atom is 0.328 e. The van der Waals surface area contributed by atoms with E-state index in [9.17, 15) is 9.59 Å². The summed E-state index contributed by atoms with van der Waals surface area (Å²) in [4.78, 5) is 22.9. The van der Waals surface area contributed by atoms with Gasteiger partial charge in [-0.25, -0.2) is 4.79 Å². The van der Waals surface area contributed by atoms with Crippen molar-refractivity contribution in [2.45, 2.75) is 32.2 Å². The molecule has 0 fully saturated rings. The Bertz CT molecular complexity index is 431. The molecule has 1 unspecified atom stereocenters. The second-order valence-electron chi connectivity index (χ2n) is 4.16. The second-order valence-corrected chi connectivity index (χ2v) is 4.43. The number of nitrogens with one attached hydrogen (secondary N) is 1. The van der Waals surface area contributed by atoms with Crippen LogP contribution in [-0.2, 0) is 26.6 Å². The summed E-state index contributed by atoms with van der Waals surface area (Å²) in [6.07, 6.45) is 0.404. The largest absolute Gasteiger partial charge is 0.464 e. The van der Waals surface area contributed by atoms with Gasteiger partial charge in [-0.3, -0.25) is 4.79 Å². The molecule has 1 N–H and O–H groups in total. The van der Waals surface area contributed by atoms with Crippen LogP contribution in [0.4, 0.5) is 0 Å². The fraction of sp³-hybridized carbons (Fsp3) is 0.429. The van der Waals surface area contributed by atoms with E-state index >= 15 is 0 Å². The van der Waals surface area contributed by atoms with Crippen molar-refractivity contribution in [2.24, 2.45) is 0 Å². The van der Waals surface area contributed by atoms with Gasteiger partial charge in [-0.05, 0) is 18.1 Å². The average molecular weight is 284 g/mol. The molecule has 0 aliphatic heterocycles. The molecule has 0 aromatic heterocycles. The minimum atomic E-state index is -0.653. The van der Waals surface area contributed by atoms with Gasteiger partial charge in [0.2, 0.25) is 5.91 Å². The number of rotatable bonds is 6. The summed E-state index contributed by atoms with van der Waals surface area (Å²) >= 11 is 5.71. The molecule has 1 amide bonds. The van der Waals surface area contributed by atoms with Gasteiger partial charge < -0.3 is 10.1 Å². The predicted octanol–water partition coefficient (Wildman–Crippen LogP) is 2.04. The fourth-order valence-electron chi connectivity index (χ4n) is 1.68. The monoisotopic (exact) mass is 283 g/mol. The Balaban J connectivity index is 2.74. The van der Waals surface area contributed by atoms with Crippen LogP contribution in [0.3, 0.4) is 0 Å². The summed E-state index contributed by atoms with van der Waals surface area (Å²) in [5, 5.41) is 2.60. The predicted molar refractivity (Wildman–Crippen MR) is 73.9 cm³/mol. The zero-order valence-corrected chi connectivity index (χ0v) is 11.9. The summed E-state index contributed by atoms with van der Waals surface area (Å²) in [5.74, 6) is -0.220. The number of carbonyl (C=O) groups is 2. The molecule has 0 heterocycles. The number of alkyl halides is 1. The third-order valence-corrected chi connectivity index (χ3v) is 2.87. The van der Waals surface area contributed by atoms with Gasteiger partial charge in [-0.2, -0.15) is 0 Å². The highest BCUT2D eigenvalue weighted by molar-refractivity contribution is 6.17. The van der Waals surface area contributed by atoms with E-state index in [1.54, 1.807) is 6.92 Å². The van der Waals surface area contributed by atoms with Crippen LogP contribution in [0.2, 0.25) is 0 Å². The highest BCUT2D eigenvalue weighted by atomic mass is 35.5. The summed E-state index contributed by atoms with van der Waals surface area (Å²) in [6.45, 7) is 3.40. The Labute approximate surface area is 118 Å². The molecule has 104 valence electrons. The lowest BCUT2D eigenvalue weighted by atomic mass is 10.0. The topological polar surface area (TPSA) is 55.4 Å². The van der Waals surface area contributed by atoms with Crippen molar-refractivity contribution in [1.29, 1.82) is 0 Å². The minimum absolute atomic E-state index is 0.254. The van der Waals surface area contributed by atoms with Crippen molar-refractivity contribution >= 4 is 23.5 Å². The maximum atomic E-state index is 11.7.